The summed E-state index contributed by atoms with van der Waals surface area (Å²) in [5.41, 5.74) is -3.35. The number of anilines is 2. The number of sulfonamides is 1. The largest absolute Gasteiger partial charge is 0.516 e. The second-order valence-electron chi connectivity index (χ2n) is 7.66. The Hall–Kier alpha value is -3.18. The number of thiazole rings is 1. The molecule has 0 aliphatic heterocycles. The smallest absolute Gasteiger partial charge is 0.326 e. The minimum Gasteiger partial charge on any atom is -0.326 e. The van der Waals surface area contributed by atoms with Gasteiger partial charge in [-0.3, -0.25) is 9.52 Å². The van der Waals surface area contributed by atoms with Crippen molar-refractivity contribution in [1.29, 1.82) is 0 Å². The van der Waals surface area contributed by atoms with Crippen LogP contribution in [0.15, 0.2) is 53.9 Å². The van der Waals surface area contributed by atoms with Gasteiger partial charge in [-0.1, -0.05) is 50.3 Å². The van der Waals surface area contributed by atoms with E-state index in [1.165, 1.54) is 40.3 Å². The molecule has 3 rings (SSSR count). The van der Waals surface area contributed by atoms with Crippen molar-refractivity contribution in [2.45, 2.75) is 31.7 Å². The predicted molar refractivity (Wildman–Crippen MR) is 129 cm³/mol. The first-order valence-electron chi connectivity index (χ1n) is 10.1. The number of carbonyl (C=O) groups is 1. The summed E-state index contributed by atoms with van der Waals surface area (Å²) >= 11 is 1.53. The summed E-state index contributed by atoms with van der Waals surface area (Å²) in [7, 11) is -5.60. The molecule has 3 aromatic rings. The molecule has 1 amide bonds. The van der Waals surface area contributed by atoms with E-state index in [9.17, 15) is 26.4 Å². The van der Waals surface area contributed by atoms with Crippen LogP contribution < -0.4 is 10.0 Å². The number of alkyl halides is 3. The van der Waals surface area contributed by atoms with Crippen LogP contribution in [-0.4, -0.2) is 24.8 Å². The molecule has 0 unspecified atom stereocenters. The van der Waals surface area contributed by atoms with E-state index in [2.05, 4.69) is 24.1 Å². The van der Waals surface area contributed by atoms with Crippen molar-refractivity contribution in [3.05, 3.63) is 75.7 Å². The van der Waals surface area contributed by atoms with Crippen molar-refractivity contribution >= 4 is 50.8 Å². The number of amides is 1. The van der Waals surface area contributed by atoms with Crippen LogP contribution in [0.2, 0.25) is 0 Å². The number of halogens is 3. The van der Waals surface area contributed by atoms with E-state index in [1.54, 1.807) is 18.2 Å². The van der Waals surface area contributed by atoms with Crippen molar-refractivity contribution in [2.75, 3.05) is 10.0 Å². The Morgan fingerprint density at radius 2 is 1.85 bits per heavy atom. The lowest BCUT2D eigenvalue weighted by atomic mass is 10.1. The van der Waals surface area contributed by atoms with Gasteiger partial charge in [0.05, 0.1) is 17.8 Å². The van der Waals surface area contributed by atoms with E-state index in [1.807, 2.05) is 23.6 Å². The highest BCUT2D eigenvalue weighted by atomic mass is 32.2. The lowest BCUT2D eigenvalue weighted by Crippen LogP contribution is -2.30. The normalized spacial score (nSPS) is 12.3. The third-order valence-electron chi connectivity index (χ3n) is 4.64. The highest BCUT2D eigenvalue weighted by molar-refractivity contribution is 7.93. The minimum atomic E-state index is -5.60. The fourth-order valence-corrected chi connectivity index (χ4v) is 4.36. The Labute approximate surface area is 199 Å². The van der Waals surface area contributed by atoms with E-state index in [-0.39, 0.29) is 17.7 Å². The molecule has 0 fully saturated rings. The number of rotatable bonds is 8. The quantitative estimate of drug-likeness (QED) is 0.397. The van der Waals surface area contributed by atoms with E-state index in [4.69, 9.17) is 0 Å². The van der Waals surface area contributed by atoms with Crippen molar-refractivity contribution in [2.24, 2.45) is 0 Å². The molecule has 6 nitrogen and oxygen atoms in total. The van der Waals surface area contributed by atoms with Crippen LogP contribution in [0.5, 0.6) is 0 Å². The second-order valence-corrected chi connectivity index (χ2v) is 10.2. The fraction of sp³-hybridized carbons (Fsp3) is 0.217. The van der Waals surface area contributed by atoms with E-state index in [0.29, 0.717) is 11.6 Å². The molecule has 11 heteroatoms. The molecular weight excluding hydrogens is 487 g/mol. The maximum atomic E-state index is 12.7. The Morgan fingerprint density at radius 1 is 1.12 bits per heavy atom. The van der Waals surface area contributed by atoms with Crippen molar-refractivity contribution < 1.29 is 26.4 Å². The molecule has 0 aliphatic carbocycles. The van der Waals surface area contributed by atoms with Gasteiger partial charge >= 0.3 is 15.5 Å². The minimum absolute atomic E-state index is 0.105. The summed E-state index contributed by atoms with van der Waals surface area (Å²) in [6, 6.07) is 12.4. The standard InChI is InChI=1S/C23H22F3N3O3S2/c1-15(2)20-14-33-22(28-20)11-10-16-6-5-8-18(12-16)27-21(30)13-17-7-3-4-9-19(17)29-34(31,32)23(24,25)26/h3-12,14-15,29H,13H2,1-2H3,(H,27,30)/b11-10+. The molecule has 0 aliphatic rings. The Morgan fingerprint density at radius 3 is 2.53 bits per heavy atom. The molecule has 0 spiro atoms. The molecule has 0 radical (unpaired) electrons. The van der Waals surface area contributed by atoms with Crippen LogP contribution in [0.4, 0.5) is 24.5 Å². The van der Waals surface area contributed by atoms with Gasteiger partial charge in [-0.05, 0) is 41.3 Å². The average Bonchev–Trinajstić information content (AvgIpc) is 3.22. The zero-order chi connectivity index (χ0) is 24.9. The SMILES string of the molecule is CC(C)c1csc(/C=C/c2cccc(NC(=O)Cc3ccccc3NS(=O)(=O)C(F)(F)F)c2)n1. The molecule has 0 bridgehead atoms. The first-order valence-corrected chi connectivity index (χ1v) is 12.5. The maximum Gasteiger partial charge on any atom is 0.516 e. The molecule has 0 saturated carbocycles. The van der Waals surface area contributed by atoms with Crippen LogP contribution in [0, 0.1) is 0 Å². The van der Waals surface area contributed by atoms with E-state index < -0.39 is 21.4 Å². The van der Waals surface area contributed by atoms with Gasteiger partial charge in [0.2, 0.25) is 5.91 Å². The van der Waals surface area contributed by atoms with Crippen molar-refractivity contribution in [3.63, 3.8) is 0 Å². The number of carbonyl (C=O) groups excluding carboxylic acids is 1. The summed E-state index contributed by atoms with van der Waals surface area (Å²) in [6.45, 7) is 4.14. The van der Waals surface area contributed by atoms with Crippen LogP contribution in [0.3, 0.4) is 0 Å². The Balaban J connectivity index is 1.69. The van der Waals surface area contributed by atoms with Crippen LogP contribution in [-0.2, 0) is 21.2 Å². The zero-order valence-electron chi connectivity index (χ0n) is 18.3. The summed E-state index contributed by atoms with van der Waals surface area (Å²) in [5, 5.41) is 5.55. The third kappa shape index (κ3) is 6.67. The lowest BCUT2D eigenvalue weighted by Gasteiger charge is -2.14. The van der Waals surface area contributed by atoms with Gasteiger partial charge in [0.15, 0.2) is 0 Å². The number of benzene rings is 2. The van der Waals surface area contributed by atoms with Gasteiger partial charge in [0.25, 0.3) is 0 Å². The van der Waals surface area contributed by atoms with Crippen LogP contribution >= 0.6 is 11.3 Å². The number of nitrogens with zero attached hydrogens (tertiary/aromatic N) is 1. The summed E-state index contributed by atoms with van der Waals surface area (Å²) in [4.78, 5) is 17.1. The van der Waals surface area contributed by atoms with Gasteiger partial charge in [0.1, 0.15) is 5.01 Å². The van der Waals surface area contributed by atoms with Crippen molar-refractivity contribution in [1.82, 2.24) is 4.98 Å². The van der Waals surface area contributed by atoms with Gasteiger partial charge in [-0.2, -0.15) is 21.6 Å². The second kappa shape index (κ2) is 10.4. The number of hydrogen-bond donors (Lipinski definition) is 2. The molecule has 1 aromatic heterocycles. The molecule has 0 atom stereocenters. The molecule has 34 heavy (non-hydrogen) atoms. The first kappa shape index (κ1) is 25.4. The summed E-state index contributed by atoms with van der Waals surface area (Å²) in [6.07, 6.45) is 3.41. The van der Waals surface area contributed by atoms with Gasteiger partial charge in [-0.15, -0.1) is 11.3 Å². The molecule has 1 heterocycles. The van der Waals surface area contributed by atoms with E-state index >= 15 is 0 Å². The van der Waals surface area contributed by atoms with Crippen LogP contribution in [0.25, 0.3) is 12.2 Å². The number of aromatic nitrogens is 1. The van der Waals surface area contributed by atoms with Gasteiger partial charge < -0.3 is 5.32 Å². The number of hydrogen-bond acceptors (Lipinski definition) is 5. The molecule has 180 valence electrons. The maximum absolute atomic E-state index is 12.7. The first-order chi connectivity index (χ1) is 15.9. The highest BCUT2D eigenvalue weighted by Gasteiger charge is 2.46. The molecule has 0 saturated heterocycles. The fourth-order valence-electron chi connectivity index (χ4n) is 2.88. The monoisotopic (exact) mass is 509 g/mol. The Kier molecular flexibility index (Phi) is 7.78. The van der Waals surface area contributed by atoms with Gasteiger partial charge in [0, 0.05) is 11.1 Å². The highest BCUT2D eigenvalue weighted by Crippen LogP contribution is 2.27. The summed E-state index contributed by atoms with van der Waals surface area (Å²) in [5.74, 6) is -0.174. The predicted octanol–water partition coefficient (Wildman–Crippen LogP) is 5.88. The molecule has 2 N–H and O–H groups in total. The number of nitrogens with one attached hydrogen (secondary N) is 2. The van der Waals surface area contributed by atoms with Crippen molar-refractivity contribution in [3.8, 4) is 0 Å². The summed E-state index contributed by atoms with van der Waals surface area (Å²) < 4.78 is 62.5. The Bertz CT molecular complexity index is 1300. The molecule has 2 aromatic carbocycles. The lowest BCUT2D eigenvalue weighted by molar-refractivity contribution is -0.115. The number of para-hydroxylation sites is 1. The van der Waals surface area contributed by atoms with Gasteiger partial charge in [-0.25, -0.2) is 4.98 Å². The molecular formula is C23H22F3N3O3S2. The average molecular weight is 510 g/mol. The van der Waals surface area contributed by atoms with Crippen LogP contribution in [0.1, 0.15) is 41.6 Å². The van der Waals surface area contributed by atoms with E-state index in [0.717, 1.165) is 16.3 Å². The third-order valence-corrected chi connectivity index (χ3v) is 6.56. The topological polar surface area (TPSA) is 88.2 Å². The zero-order valence-corrected chi connectivity index (χ0v) is 19.9.